The molecule has 19 heavy (non-hydrogen) atoms. The molecule has 0 aromatic heterocycles. The number of amidine groups is 1. The van der Waals surface area contributed by atoms with E-state index in [1.165, 1.54) is 0 Å². The summed E-state index contributed by atoms with van der Waals surface area (Å²) in [7, 11) is 1.63. The predicted molar refractivity (Wildman–Crippen MR) is 78.2 cm³/mol. The lowest BCUT2D eigenvalue weighted by atomic mass is 10.1. The second kappa shape index (κ2) is 6.87. The molecule has 0 aliphatic heterocycles. The first kappa shape index (κ1) is 15.1. The van der Waals surface area contributed by atoms with E-state index in [9.17, 15) is 0 Å². The lowest BCUT2D eigenvalue weighted by molar-refractivity contribution is 0.318. The van der Waals surface area contributed by atoms with Crippen LogP contribution in [-0.4, -0.2) is 31.2 Å². The fourth-order valence-electron chi connectivity index (χ4n) is 2.01. The summed E-state index contributed by atoms with van der Waals surface area (Å²) in [5, 5.41) is 12.0. The summed E-state index contributed by atoms with van der Waals surface area (Å²) in [5.74, 6) is 1.39. The third kappa shape index (κ3) is 3.77. The van der Waals surface area contributed by atoms with Crippen molar-refractivity contribution in [3.05, 3.63) is 23.8 Å². The average Bonchev–Trinajstić information content (AvgIpc) is 2.43. The van der Waals surface area contributed by atoms with Crippen LogP contribution in [-0.2, 0) is 0 Å². The Morgan fingerprint density at radius 1 is 1.47 bits per heavy atom. The highest BCUT2D eigenvalue weighted by atomic mass is 16.5. The summed E-state index contributed by atoms with van der Waals surface area (Å²) in [6.45, 7) is 8.14. The van der Waals surface area contributed by atoms with Crippen molar-refractivity contribution in [1.82, 2.24) is 0 Å². The largest absolute Gasteiger partial charge is 0.497 e. The Kier molecular flexibility index (Phi) is 5.48. The molecule has 5 nitrogen and oxygen atoms in total. The fraction of sp³-hybridized carbons (Fsp3) is 0.500. The Balaban J connectivity index is 3.26. The van der Waals surface area contributed by atoms with Crippen LogP contribution in [0.2, 0.25) is 0 Å². The van der Waals surface area contributed by atoms with Crippen LogP contribution in [0.5, 0.6) is 5.75 Å². The first-order valence-corrected chi connectivity index (χ1v) is 6.44. The van der Waals surface area contributed by atoms with Gasteiger partial charge in [0.05, 0.1) is 12.8 Å². The van der Waals surface area contributed by atoms with Gasteiger partial charge >= 0.3 is 0 Å². The highest BCUT2D eigenvalue weighted by Gasteiger charge is 2.15. The van der Waals surface area contributed by atoms with Crippen LogP contribution in [0.3, 0.4) is 0 Å². The Morgan fingerprint density at radius 2 is 2.16 bits per heavy atom. The molecule has 0 spiro atoms. The van der Waals surface area contributed by atoms with Crippen molar-refractivity contribution in [1.29, 1.82) is 0 Å². The van der Waals surface area contributed by atoms with Crippen molar-refractivity contribution in [2.75, 3.05) is 25.1 Å². The Bertz CT molecular complexity index is 444. The molecule has 106 valence electrons. The van der Waals surface area contributed by atoms with Gasteiger partial charge in [-0.05, 0) is 25.0 Å². The van der Waals surface area contributed by atoms with Crippen molar-refractivity contribution in [3.63, 3.8) is 0 Å². The molecule has 0 atom stereocenters. The smallest absolute Gasteiger partial charge is 0.172 e. The zero-order chi connectivity index (χ0) is 14.4. The summed E-state index contributed by atoms with van der Waals surface area (Å²) in [6.07, 6.45) is 0. The van der Waals surface area contributed by atoms with Gasteiger partial charge in [-0.2, -0.15) is 0 Å². The molecule has 0 aliphatic rings. The first-order chi connectivity index (χ1) is 9.03. The summed E-state index contributed by atoms with van der Waals surface area (Å²) in [5.41, 5.74) is 7.38. The van der Waals surface area contributed by atoms with E-state index in [0.717, 1.165) is 24.5 Å². The quantitative estimate of drug-likeness (QED) is 0.358. The Hall–Kier alpha value is -1.91. The van der Waals surface area contributed by atoms with Gasteiger partial charge in [0.25, 0.3) is 0 Å². The number of ether oxygens (including phenoxy) is 1. The zero-order valence-electron chi connectivity index (χ0n) is 12.1. The van der Waals surface area contributed by atoms with Gasteiger partial charge in [0.15, 0.2) is 5.84 Å². The van der Waals surface area contributed by atoms with Gasteiger partial charge in [-0.15, -0.1) is 0 Å². The Labute approximate surface area is 114 Å². The van der Waals surface area contributed by atoms with Crippen molar-refractivity contribution >= 4 is 11.5 Å². The molecule has 0 saturated heterocycles. The van der Waals surface area contributed by atoms with E-state index in [4.69, 9.17) is 15.7 Å². The monoisotopic (exact) mass is 265 g/mol. The van der Waals surface area contributed by atoms with E-state index in [1.54, 1.807) is 13.2 Å². The number of nitrogens with zero attached hydrogens (tertiary/aromatic N) is 2. The Morgan fingerprint density at radius 3 is 2.63 bits per heavy atom. The molecule has 0 radical (unpaired) electrons. The summed E-state index contributed by atoms with van der Waals surface area (Å²) >= 11 is 0. The highest BCUT2D eigenvalue weighted by Crippen LogP contribution is 2.26. The molecule has 3 N–H and O–H groups in total. The molecular formula is C14H23N3O2. The second-order valence-corrected chi connectivity index (χ2v) is 4.80. The maximum atomic E-state index is 8.89. The van der Waals surface area contributed by atoms with Crippen molar-refractivity contribution in [2.45, 2.75) is 20.8 Å². The predicted octanol–water partition coefficient (Wildman–Crippen LogP) is 2.27. The SMILES string of the molecule is CCN(CC(C)C)c1cc(OC)ccc1/C(N)=N/O. The molecule has 5 heteroatoms. The minimum absolute atomic E-state index is 0.111. The molecule has 0 amide bonds. The number of hydrogen-bond acceptors (Lipinski definition) is 4. The number of anilines is 1. The van der Waals surface area contributed by atoms with Gasteiger partial charge in [0.2, 0.25) is 0 Å². The van der Waals surface area contributed by atoms with Crippen molar-refractivity contribution < 1.29 is 9.94 Å². The van der Waals surface area contributed by atoms with Crippen LogP contribution >= 0.6 is 0 Å². The number of hydrogen-bond donors (Lipinski definition) is 2. The van der Waals surface area contributed by atoms with Gasteiger partial charge in [0, 0.05) is 24.7 Å². The first-order valence-electron chi connectivity index (χ1n) is 6.44. The maximum absolute atomic E-state index is 8.89. The van der Waals surface area contributed by atoms with E-state index in [0.29, 0.717) is 11.5 Å². The minimum atomic E-state index is 0.111. The van der Waals surface area contributed by atoms with E-state index < -0.39 is 0 Å². The standard InChI is InChI=1S/C14H23N3O2/c1-5-17(9-10(2)3)13-8-11(19-4)6-7-12(13)14(15)16-18/h6-8,10,18H,5,9H2,1-4H3,(H2,15,16). The maximum Gasteiger partial charge on any atom is 0.172 e. The fourth-order valence-corrected chi connectivity index (χ4v) is 2.01. The van der Waals surface area contributed by atoms with Crippen LogP contribution in [0, 0.1) is 5.92 Å². The summed E-state index contributed by atoms with van der Waals surface area (Å²) in [6, 6.07) is 5.53. The molecule has 1 aromatic rings. The topological polar surface area (TPSA) is 71.1 Å². The van der Waals surface area contributed by atoms with E-state index in [-0.39, 0.29) is 5.84 Å². The lowest BCUT2D eigenvalue weighted by Crippen LogP contribution is -2.30. The second-order valence-electron chi connectivity index (χ2n) is 4.80. The molecule has 0 heterocycles. The van der Waals surface area contributed by atoms with Gasteiger partial charge in [-0.3, -0.25) is 0 Å². The van der Waals surface area contributed by atoms with Crippen LogP contribution in [0.4, 0.5) is 5.69 Å². The van der Waals surface area contributed by atoms with Gasteiger partial charge < -0.3 is 20.6 Å². The van der Waals surface area contributed by atoms with Gasteiger partial charge in [0.1, 0.15) is 5.75 Å². The van der Waals surface area contributed by atoms with E-state index in [1.807, 2.05) is 12.1 Å². The highest BCUT2D eigenvalue weighted by molar-refractivity contribution is 6.02. The number of methoxy groups -OCH3 is 1. The van der Waals surface area contributed by atoms with Crippen LogP contribution in [0.15, 0.2) is 23.4 Å². The van der Waals surface area contributed by atoms with Crippen molar-refractivity contribution in [2.24, 2.45) is 16.8 Å². The van der Waals surface area contributed by atoms with Crippen LogP contribution < -0.4 is 15.4 Å². The van der Waals surface area contributed by atoms with Crippen LogP contribution in [0.1, 0.15) is 26.3 Å². The molecule has 0 bridgehead atoms. The van der Waals surface area contributed by atoms with Crippen LogP contribution in [0.25, 0.3) is 0 Å². The molecule has 0 saturated carbocycles. The molecule has 1 rings (SSSR count). The molecule has 0 fully saturated rings. The summed E-state index contributed by atoms with van der Waals surface area (Å²) in [4.78, 5) is 2.19. The molecular weight excluding hydrogens is 242 g/mol. The molecule has 0 aliphatic carbocycles. The normalized spacial score (nSPS) is 11.7. The average molecular weight is 265 g/mol. The van der Waals surface area contributed by atoms with E-state index in [2.05, 4.69) is 30.8 Å². The molecule has 1 aromatic carbocycles. The number of nitrogens with two attached hydrogens (primary N) is 1. The van der Waals surface area contributed by atoms with Gasteiger partial charge in [-0.1, -0.05) is 19.0 Å². The number of rotatable bonds is 6. The number of oxime groups is 1. The third-order valence-corrected chi connectivity index (χ3v) is 2.90. The lowest BCUT2D eigenvalue weighted by Gasteiger charge is -2.27. The minimum Gasteiger partial charge on any atom is -0.497 e. The van der Waals surface area contributed by atoms with E-state index >= 15 is 0 Å². The number of benzene rings is 1. The van der Waals surface area contributed by atoms with Gasteiger partial charge in [-0.25, -0.2) is 0 Å². The summed E-state index contributed by atoms with van der Waals surface area (Å²) < 4.78 is 5.25. The zero-order valence-corrected chi connectivity index (χ0v) is 12.1. The third-order valence-electron chi connectivity index (χ3n) is 2.90. The van der Waals surface area contributed by atoms with Crippen molar-refractivity contribution in [3.8, 4) is 5.75 Å². The molecule has 0 unspecified atom stereocenters.